The lowest BCUT2D eigenvalue weighted by Crippen LogP contribution is -2.08. The Balaban J connectivity index is 1.25. The molecular formula is C42H22N4O2S. The van der Waals surface area contributed by atoms with Crippen LogP contribution in [0.5, 0.6) is 0 Å². The molecule has 1 aliphatic heterocycles. The first kappa shape index (κ1) is 25.7. The van der Waals surface area contributed by atoms with Crippen LogP contribution in [0.1, 0.15) is 0 Å². The minimum atomic E-state index is 0.591. The Morgan fingerprint density at radius 2 is 1.24 bits per heavy atom. The Hall–Kier alpha value is -6.31. The van der Waals surface area contributed by atoms with Gasteiger partial charge < -0.3 is 8.83 Å². The lowest BCUT2D eigenvalue weighted by atomic mass is 10.1. The second-order valence-electron chi connectivity index (χ2n) is 12.6. The first-order valence-electron chi connectivity index (χ1n) is 16.3. The zero-order valence-corrected chi connectivity index (χ0v) is 26.5. The summed E-state index contributed by atoms with van der Waals surface area (Å²) in [4.78, 5) is 13.2. The molecule has 11 aromatic rings. The van der Waals surface area contributed by atoms with Gasteiger partial charge in [-0.1, -0.05) is 84.6 Å². The van der Waals surface area contributed by atoms with Gasteiger partial charge in [-0.25, -0.2) is 9.97 Å². The van der Waals surface area contributed by atoms with Crippen molar-refractivity contribution in [2.24, 2.45) is 0 Å². The van der Waals surface area contributed by atoms with Crippen molar-refractivity contribution in [2.75, 3.05) is 0 Å². The Kier molecular flexibility index (Phi) is 4.82. The Morgan fingerprint density at radius 1 is 0.531 bits per heavy atom. The van der Waals surface area contributed by atoms with Crippen LogP contribution in [0.2, 0.25) is 0 Å². The van der Waals surface area contributed by atoms with Crippen LogP contribution in [-0.4, -0.2) is 19.1 Å². The summed E-state index contributed by atoms with van der Waals surface area (Å²) in [6.45, 7) is 0. The molecule has 0 amide bonds. The number of aromatic nitrogens is 4. The average molecular weight is 647 g/mol. The van der Waals surface area contributed by atoms with Gasteiger partial charge in [0, 0.05) is 47.7 Å². The Morgan fingerprint density at radius 3 is 2.16 bits per heavy atom. The highest BCUT2D eigenvalue weighted by atomic mass is 32.2. The number of para-hydroxylation sites is 5. The normalized spacial score (nSPS) is 12.8. The van der Waals surface area contributed by atoms with E-state index < -0.39 is 0 Å². The van der Waals surface area contributed by atoms with Crippen molar-refractivity contribution in [3.63, 3.8) is 0 Å². The van der Waals surface area contributed by atoms with Crippen molar-refractivity contribution in [3.05, 3.63) is 133 Å². The molecule has 7 heteroatoms. The first-order chi connectivity index (χ1) is 24.3. The van der Waals surface area contributed by atoms with E-state index in [1.54, 1.807) is 0 Å². The largest absolute Gasteiger partial charge is 0.456 e. The molecule has 0 saturated heterocycles. The van der Waals surface area contributed by atoms with Crippen LogP contribution in [-0.2, 0) is 0 Å². The van der Waals surface area contributed by atoms with Crippen molar-refractivity contribution in [1.82, 2.24) is 19.1 Å². The molecule has 0 fully saturated rings. The number of hydrogen-bond acceptors (Lipinski definition) is 5. The number of nitrogens with zero attached hydrogens (tertiary/aromatic N) is 4. The summed E-state index contributed by atoms with van der Waals surface area (Å²) in [7, 11) is 0. The monoisotopic (exact) mass is 646 g/mol. The van der Waals surface area contributed by atoms with Crippen molar-refractivity contribution >= 4 is 88.6 Å². The van der Waals surface area contributed by atoms with Gasteiger partial charge in [-0.05, 0) is 60.7 Å². The smallest absolute Gasteiger partial charge is 0.237 e. The van der Waals surface area contributed by atoms with Crippen LogP contribution in [0.15, 0.2) is 152 Å². The molecule has 0 N–H and O–H groups in total. The highest BCUT2D eigenvalue weighted by Crippen LogP contribution is 2.49. The molecule has 0 unspecified atom stereocenters. The van der Waals surface area contributed by atoms with E-state index in [-0.39, 0.29) is 0 Å². The summed E-state index contributed by atoms with van der Waals surface area (Å²) in [6.07, 6.45) is 0. The van der Waals surface area contributed by atoms with Crippen LogP contribution >= 0.6 is 11.8 Å². The van der Waals surface area contributed by atoms with E-state index in [1.165, 1.54) is 26.1 Å². The van der Waals surface area contributed by atoms with Gasteiger partial charge in [-0.2, -0.15) is 0 Å². The van der Waals surface area contributed by atoms with Gasteiger partial charge in [0.2, 0.25) is 5.95 Å². The van der Waals surface area contributed by atoms with E-state index in [0.717, 1.165) is 71.9 Å². The molecule has 6 heterocycles. The quantitative estimate of drug-likeness (QED) is 0.187. The van der Waals surface area contributed by atoms with E-state index in [4.69, 9.17) is 18.8 Å². The van der Waals surface area contributed by atoms with E-state index in [0.29, 0.717) is 11.5 Å². The van der Waals surface area contributed by atoms with Gasteiger partial charge in [0.05, 0.1) is 16.7 Å². The number of fused-ring (bicyclic) bond motifs is 13. The van der Waals surface area contributed by atoms with E-state index in [9.17, 15) is 0 Å². The molecule has 6 nitrogen and oxygen atoms in total. The van der Waals surface area contributed by atoms with Gasteiger partial charge in [-0.15, -0.1) is 0 Å². The third kappa shape index (κ3) is 3.32. The number of hydrogen-bond donors (Lipinski definition) is 0. The van der Waals surface area contributed by atoms with Gasteiger partial charge in [-0.3, -0.25) is 9.13 Å². The molecule has 1 aliphatic rings. The zero-order valence-electron chi connectivity index (χ0n) is 25.7. The van der Waals surface area contributed by atoms with Gasteiger partial charge in [0.25, 0.3) is 0 Å². The van der Waals surface area contributed by atoms with Crippen molar-refractivity contribution < 1.29 is 8.83 Å². The summed E-state index contributed by atoms with van der Waals surface area (Å²) in [6, 6.07) is 46.4. The highest BCUT2D eigenvalue weighted by Gasteiger charge is 2.29. The van der Waals surface area contributed by atoms with Crippen LogP contribution in [0.4, 0.5) is 0 Å². The lowest BCUT2D eigenvalue weighted by molar-refractivity contribution is 0.666. The molecule has 0 atom stereocenters. The van der Waals surface area contributed by atoms with Crippen molar-refractivity contribution in [2.45, 2.75) is 9.79 Å². The van der Waals surface area contributed by atoms with Gasteiger partial charge in [0.1, 0.15) is 33.6 Å². The van der Waals surface area contributed by atoms with Crippen LogP contribution in [0, 0.1) is 0 Å². The van der Waals surface area contributed by atoms with Crippen LogP contribution in [0.3, 0.4) is 0 Å². The van der Waals surface area contributed by atoms with Gasteiger partial charge in [0.15, 0.2) is 5.58 Å². The van der Waals surface area contributed by atoms with E-state index in [1.807, 2.05) is 54.2 Å². The Bertz CT molecular complexity index is 3220. The maximum Gasteiger partial charge on any atom is 0.237 e. The van der Waals surface area contributed by atoms with Crippen LogP contribution in [0.25, 0.3) is 99.7 Å². The second kappa shape index (κ2) is 9.18. The molecule has 0 saturated carbocycles. The molecule has 0 spiro atoms. The molecule has 0 radical (unpaired) electrons. The molecule has 5 aromatic heterocycles. The predicted molar refractivity (Wildman–Crippen MR) is 197 cm³/mol. The SMILES string of the molecule is c1ccc2c(c1)Sc1cccc3c4c5ccccc5n(-c5nc(-c6ccc7oc8ccccc8c7c6)c6oc7ccccc7c6n5)c4n-2c13. The van der Waals surface area contributed by atoms with Gasteiger partial charge >= 0.3 is 0 Å². The molecular weight excluding hydrogens is 625 g/mol. The molecule has 0 bridgehead atoms. The number of benzene rings is 6. The summed E-state index contributed by atoms with van der Waals surface area (Å²) in [5.41, 5.74) is 10.1. The first-order valence-corrected chi connectivity index (χ1v) is 17.1. The van der Waals surface area contributed by atoms with Crippen LogP contribution < -0.4 is 0 Å². The fourth-order valence-corrected chi connectivity index (χ4v) is 8.97. The third-order valence-electron chi connectivity index (χ3n) is 9.94. The highest BCUT2D eigenvalue weighted by molar-refractivity contribution is 7.99. The van der Waals surface area contributed by atoms with Crippen molar-refractivity contribution in [1.29, 1.82) is 0 Å². The second-order valence-corrected chi connectivity index (χ2v) is 13.6. The predicted octanol–water partition coefficient (Wildman–Crippen LogP) is 11.4. The Labute approximate surface area is 281 Å². The summed E-state index contributed by atoms with van der Waals surface area (Å²) in [5.74, 6) is 0.591. The number of furan rings is 2. The average Bonchev–Trinajstić information content (AvgIpc) is 3.90. The topological polar surface area (TPSA) is 61.9 Å². The van der Waals surface area contributed by atoms with E-state index >= 15 is 0 Å². The molecule has 0 aliphatic carbocycles. The third-order valence-corrected chi connectivity index (χ3v) is 11.1. The minimum absolute atomic E-state index is 0.591. The maximum atomic E-state index is 6.56. The summed E-state index contributed by atoms with van der Waals surface area (Å²) in [5, 5.41) is 6.64. The molecule has 228 valence electrons. The fraction of sp³-hybridized carbons (Fsp3) is 0. The fourth-order valence-electron chi connectivity index (χ4n) is 7.88. The molecule has 49 heavy (non-hydrogen) atoms. The zero-order chi connectivity index (χ0) is 31.8. The standard InChI is InChI=1S/C42H22N4O2S/c1-4-14-29-25(11-1)36-27-13-9-19-35-39(27)45(30-15-5-8-18-34(30)49-35)41(36)46(29)42-43-37(40-38(44-42)26-12-3-7-17-32(26)48-40)23-20-21-33-28(22-23)24-10-2-6-16-31(24)47-33/h1-22H. The molecule has 6 aromatic carbocycles. The van der Waals surface area contributed by atoms with Crippen molar-refractivity contribution in [3.8, 4) is 22.9 Å². The summed E-state index contributed by atoms with van der Waals surface area (Å²) < 4.78 is 17.4. The molecule has 12 rings (SSSR count). The number of rotatable bonds is 2. The maximum absolute atomic E-state index is 6.56. The lowest BCUT2D eigenvalue weighted by Gasteiger charge is -2.20. The minimum Gasteiger partial charge on any atom is -0.456 e. The summed E-state index contributed by atoms with van der Waals surface area (Å²) >= 11 is 1.83. The van der Waals surface area contributed by atoms with E-state index in [2.05, 4.69) is 100 Å².